The van der Waals surface area contributed by atoms with E-state index >= 15 is 0 Å². The lowest BCUT2D eigenvalue weighted by Gasteiger charge is -2.33. The average Bonchev–Trinajstić information content (AvgIpc) is 3.04. The molecule has 138 valence electrons. The lowest BCUT2D eigenvalue weighted by molar-refractivity contribution is 0.298. The second kappa shape index (κ2) is 10.2. The van der Waals surface area contributed by atoms with E-state index in [4.69, 9.17) is 4.99 Å². The largest absolute Gasteiger partial charge is 0.357 e. The SMILES string of the molecule is CCNC(=NCCCC(C)(C)C)N1CCC(c2ncn[nH]2)CC1.I. The van der Waals surface area contributed by atoms with E-state index in [0.717, 1.165) is 57.2 Å². The third-order valence-corrected chi connectivity index (χ3v) is 4.30. The molecule has 1 aliphatic heterocycles. The molecule has 1 saturated heterocycles. The number of aromatic amines is 1. The Morgan fingerprint density at radius 2 is 2.08 bits per heavy atom. The Hall–Kier alpha value is -0.860. The molecule has 2 heterocycles. The summed E-state index contributed by atoms with van der Waals surface area (Å²) in [5, 5.41) is 10.4. The molecule has 0 atom stereocenters. The Labute approximate surface area is 163 Å². The third kappa shape index (κ3) is 6.94. The van der Waals surface area contributed by atoms with Crippen LogP contribution in [0.15, 0.2) is 11.3 Å². The molecule has 0 spiro atoms. The van der Waals surface area contributed by atoms with Gasteiger partial charge < -0.3 is 10.2 Å². The fourth-order valence-electron chi connectivity index (χ4n) is 3.00. The smallest absolute Gasteiger partial charge is 0.193 e. The number of H-pyrrole nitrogens is 1. The summed E-state index contributed by atoms with van der Waals surface area (Å²) >= 11 is 0. The molecule has 1 aliphatic rings. The highest BCUT2D eigenvalue weighted by Crippen LogP contribution is 2.25. The van der Waals surface area contributed by atoms with Crippen LogP contribution in [-0.2, 0) is 0 Å². The maximum Gasteiger partial charge on any atom is 0.193 e. The van der Waals surface area contributed by atoms with Gasteiger partial charge in [-0.25, -0.2) is 4.98 Å². The molecule has 1 aromatic heterocycles. The fourth-order valence-corrected chi connectivity index (χ4v) is 3.00. The average molecular weight is 448 g/mol. The van der Waals surface area contributed by atoms with Crippen LogP contribution in [0.25, 0.3) is 0 Å². The van der Waals surface area contributed by atoms with Crippen LogP contribution in [-0.4, -0.2) is 52.2 Å². The summed E-state index contributed by atoms with van der Waals surface area (Å²) < 4.78 is 0. The number of nitrogens with one attached hydrogen (secondary N) is 2. The molecule has 0 bridgehead atoms. The summed E-state index contributed by atoms with van der Waals surface area (Å²) in [6, 6.07) is 0. The Morgan fingerprint density at radius 3 is 2.62 bits per heavy atom. The van der Waals surface area contributed by atoms with E-state index in [1.807, 2.05) is 0 Å². The molecular formula is C17H33IN6. The summed E-state index contributed by atoms with van der Waals surface area (Å²) in [6.07, 6.45) is 6.15. The number of likely N-dealkylation sites (tertiary alicyclic amines) is 1. The van der Waals surface area contributed by atoms with Crippen molar-refractivity contribution in [2.24, 2.45) is 10.4 Å². The summed E-state index contributed by atoms with van der Waals surface area (Å²) in [7, 11) is 0. The number of halogens is 1. The first kappa shape index (κ1) is 21.2. The van der Waals surface area contributed by atoms with Gasteiger partial charge in [0.05, 0.1) is 0 Å². The molecule has 0 aliphatic carbocycles. The van der Waals surface area contributed by atoms with Gasteiger partial charge in [0.1, 0.15) is 12.2 Å². The molecule has 1 fully saturated rings. The van der Waals surface area contributed by atoms with Crippen molar-refractivity contribution in [3.05, 3.63) is 12.2 Å². The standard InChI is InChI=1S/C17H32N6.HI/c1-5-18-16(19-10-6-9-17(2,3)4)23-11-7-14(8-12-23)15-20-13-21-22-15;/h13-14H,5-12H2,1-4H3,(H,18,19)(H,20,21,22);1H. The van der Waals surface area contributed by atoms with Gasteiger partial charge in [0, 0.05) is 32.1 Å². The molecule has 24 heavy (non-hydrogen) atoms. The molecule has 6 nitrogen and oxygen atoms in total. The number of guanidine groups is 1. The molecule has 7 heteroatoms. The van der Waals surface area contributed by atoms with E-state index in [1.165, 1.54) is 6.42 Å². The van der Waals surface area contributed by atoms with Crippen LogP contribution in [0.3, 0.4) is 0 Å². The van der Waals surface area contributed by atoms with Crippen molar-refractivity contribution in [3.63, 3.8) is 0 Å². The normalized spacial score (nSPS) is 16.8. The third-order valence-electron chi connectivity index (χ3n) is 4.30. The lowest BCUT2D eigenvalue weighted by atomic mass is 9.91. The number of aliphatic imine (C=N–C) groups is 1. The molecule has 2 N–H and O–H groups in total. The van der Waals surface area contributed by atoms with Gasteiger partial charge in [0.25, 0.3) is 0 Å². The minimum Gasteiger partial charge on any atom is -0.357 e. The van der Waals surface area contributed by atoms with E-state index in [2.05, 4.69) is 53.1 Å². The van der Waals surface area contributed by atoms with Gasteiger partial charge in [-0.3, -0.25) is 10.1 Å². The summed E-state index contributed by atoms with van der Waals surface area (Å²) in [6.45, 7) is 12.9. The molecule has 0 radical (unpaired) electrons. The van der Waals surface area contributed by atoms with E-state index in [9.17, 15) is 0 Å². The van der Waals surface area contributed by atoms with Crippen molar-refractivity contribution < 1.29 is 0 Å². The van der Waals surface area contributed by atoms with Crippen LogP contribution in [0.1, 0.15) is 65.1 Å². The molecule has 0 saturated carbocycles. The number of rotatable bonds is 5. The minimum absolute atomic E-state index is 0. The zero-order chi connectivity index (χ0) is 16.7. The Bertz CT molecular complexity index is 472. The van der Waals surface area contributed by atoms with Crippen LogP contribution in [0.5, 0.6) is 0 Å². The fraction of sp³-hybridized carbons (Fsp3) is 0.824. The minimum atomic E-state index is 0. The van der Waals surface area contributed by atoms with E-state index in [-0.39, 0.29) is 24.0 Å². The highest BCUT2D eigenvalue weighted by molar-refractivity contribution is 14.0. The van der Waals surface area contributed by atoms with Crippen molar-refractivity contribution in [1.82, 2.24) is 25.4 Å². The lowest BCUT2D eigenvalue weighted by Crippen LogP contribution is -2.45. The Morgan fingerprint density at radius 1 is 1.38 bits per heavy atom. The maximum absolute atomic E-state index is 4.82. The maximum atomic E-state index is 4.82. The van der Waals surface area contributed by atoms with Crippen molar-refractivity contribution in [2.45, 2.75) is 59.3 Å². The van der Waals surface area contributed by atoms with Crippen LogP contribution >= 0.6 is 24.0 Å². The van der Waals surface area contributed by atoms with E-state index in [0.29, 0.717) is 11.3 Å². The number of nitrogens with zero attached hydrogens (tertiary/aromatic N) is 4. The number of hydrogen-bond acceptors (Lipinski definition) is 3. The molecule has 2 rings (SSSR count). The topological polar surface area (TPSA) is 69.2 Å². The van der Waals surface area contributed by atoms with Crippen LogP contribution in [0.4, 0.5) is 0 Å². The quantitative estimate of drug-likeness (QED) is 0.314. The first-order valence-corrected chi connectivity index (χ1v) is 8.88. The highest BCUT2D eigenvalue weighted by atomic mass is 127. The van der Waals surface area contributed by atoms with Gasteiger partial charge in [-0.1, -0.05) is 20.8 Å². The van der Waals surface area contributed by atoms with Gasteiger partial charge >= 0.3 is 0 Å². The first-order valence-electron chi connectivity index (χ1n) is 8.88. The van der Waals surface area contributed by atoms with E-state index in [1.54, 1.807) is 6.33 Å². The van der Waals surface area contributed by atoms with Gasteiger partial charge in [0.2, 0.25) is 0 Å². The van der Waals surface area contributed by atoms with Gasteiger partial charge in [-0.05, 0) is 38.0 Å². The highest BCUT2D eigenvalue weighted by Gasteiger charge is 2.24. The zero-order valence-electron chi connectivity index (χ0n) is 15.5. The molecule has 0 aromatic carbocycles. The summed E-state index contributed by atoms with van der Waals surface area (Å²) in [5.41, 5.74) is 0.392. The van der Waals surface area contributed by atoms with Crippen molar-refractivity contribution in [1.29, 1.82) is 0 Å². The zero-order valence-corrected chi connectivity index (χ0v) is 17.8. The van der Waals surface area contributed by atoms with E-state index < -0.39 is 0 Å². The summed E-state index contributed by atoms with van der Waals surface area (Å²) in [4.78, 5) is 11.5. The van der Waals surface area contributed by atoms with Gasteiger partial charge in [-0.2, -0.15) is 5.10 Å². The van der Waals surface area contributed by atoms with Crippen molar-refractivity contribution >= 4 is 29.9 Å². The molecule has 1 aromatic rings. The Kier molecular flexibility index (Phi) is 9.01. The Balaban J connectivity index is 0.00000288. The summed E-state index contributed by atoms with van der Waals surface area (Å²) in [5.74, 6) is 2.59. The van der Waals surface area contributed by atoms with Crippen molar-refractivity contribution in [3.8, 4) is 0 Å². The van der Waals surface area contributed by atoms with Crippen LogP contribution in [0.2, 0.25) is 0 Å². The first-order chi connectivity index (χ1) is 11.0. The number of piperidine rings is 1. The monoisotopic (exact) mass is 448 g/mol. The van der Waals surface area contributed by atoms with Gasteiger partial charge in [-0.15, -0.1) is 24.0 Å². The number of hydrogen-bond donors (Lipinski definition) is 2. The second-order valence-electron chi connectivity index (χ2n) is 7.53. The predicted molar refractivity (Wildman–Crippen MR) is 110 cm³/mol. The van der Waals surface area contributed by atoms with Crippen molar-refractivity contribution in [2.75, 3.05) is 26.2 Å². The second-order valence-corrected chi connectivity index (χ2v) is 7.53. The number of aromatic nitrogens is 3. The molecule has 0 unspecified atom stereocenters. The van der Waals surface area contributed by atoms with Gasteiger partial charge in [0.15, 0.2) is 5.96 Å². The molecule has 0 amide bonds. The molecular weight excluding hydrogens is 415 g/mol. The predicted octanol–water partition coefficient (Wildman–Crippen LogP) is 3.39. The van der Waals surface area contributed by atoms with Crippen LogP contribution in [0, 0.1) is 5.41 Å². The van der Waals surface area contributed by atoms with Crippen LogP contribution < -0.4 is 5.32 Å².